The molecule has 30 heavy (non-hydrogen) atoms. The molecule has 150 valence electrons. The second-order valence-electron chi connectivity index (χ2n) is 6.86. The fourth-order valence-corrected chi connectivity index (χ4v) is 3.44. The van der Waals surface area contributed by atoms with Crippen LogP contribution in [0.25, 0.3) is 16.6 Å². The summed E-state index contributed by atoms with van der Waals surface area (Å²) >= 11 is 6.09. The van der Waals surface area contributed by atoms with Crippen LogP contribution in [0.5, 0.6) is 0 Å². The van der Waals surface area contributed by atoms with Crippen molar-refractivity contribution < 1.29 is 4.79 Å². The summed E-state index contributed by atoms with van der Waals surface area (Å²) in [5.41, 5.74) is 3.24. The van der Waals surface area contributed by atoms with Crippen LogP contribution in [0.3, 0.4) is 0 Å². The molecule has 0 spiro atoms. The van der Waals surface area contributed by atoms with E-state index in [1.807, 2.05) is 25.1 Å². The number of nitrogens with zero attached hydrogens (tertiary/aromatic N) is 2. The molecule has 1 heterocycles. The average Bonchev–Trinajstić information content (AvgIpc) is 2.73. The van der Waals surface area contributed by atoms with Crippen LogP contribution < -0.4 is 16.2 Å². The Labute approximate surface area is 178 Å². The van der Waals surface area contributed by atoms with Crippen molar-refractivity contribution in [3.8, 4) is 5.69 Å². The molecule has 3 aromatic carbocycles. The number of aryl methyl sites for hydroxylation is 1. The normalized spacial score (nSPS) is 10.8. The molecular formula is C23H19ClN4O2. The summed E-state index contributed by atoms with van der Waals surface area (Å²) in [6.45, 7) is 3.63. The number of aromatic nitrogens is 2. The maximum absolute atomic E-state index is 12.9. The van der Waals surface area contributed by atoms with Gasteiger partial charge >= 0.3 is 6.03 Å². The van der Waals surface area contributed by atoms with E-state index in [-0.39, 0.29) is 11.6 Å². The summed E-state index contributed by atoms with van der Waals surface area (Å²) in [5, 5.41) is 6.71. The van der Waals surface area contributed by atoms with Gasteiger partial charge in [0.05, 0.1) is 16.6 Å². The Morgan fingerprint density at radius 1 is 0.933 bits per heavy atom. The molecule has 4 aromatic rings. The summed E-state index contributed by atoms with van der Waals surface area (Å²) in [5.74, 6) is 0.591. The Bertz CT molecular complexity index is 1310. The predicted molar refractivity (Wildman–Crippen MR) is 121 cm³/mol. The highest BCUT2D eigenvalue weighted by atomic mass is 35.5. The molecule has 7 heteroatoms. The summed E-state index contributed by atoms with van der Waals surface area (Å²) in [4.78, 5) is 29.8. The molecule has 0 aliphatic rings. The number of para-hydroxylation sites is 1. The van der Waals surface area contributed by atoms with Crippen molar-refractivity contribution >= 4 is 39.9 Å². The van der Waals surface area contributed by atoms with Crippen LogP contribution in [0.2, 0.25) is 5.02 Å². The van der Waals surface area contributed by atoms with Gasteiger partial charge in [0.15, 0.2) is 0 Å². The van der Waals surface area contributed by atoms with Crippen molar-refractivity contribution in [2.45, 2.75) is 13.8 Å². The fraction of sp³-hybridized carbons (Fsp3) is 0.0870. The Hall–Kier alpha value is -3.64. The van der Waals surface area contributed by atoms with E-state index in [0.717, 1.165) is 5.56 Å². The van der Waals surface area contributed by atoms with Gasteiger partial charge in [-0.25, -0.2) is 9.78 Å². The minimum absolute atomic E-state index is 0.131. The minimum atomic E-state index is -0.381. The molecule has 0 bridgehead atoms. The number of hydrogen-bond donors (Lipinski definition) is 2. The molecular weight excluding hydrogens is 400 g/mol. The van der Waals surface area contributed by atoms with E-state index in [4.69, 9.17) is 11.6 Å². The van der Waals surface area contributed by atoms with E-state index < -0.39 is 0 Å². The summed E-state index contributed by atoms with van der Waals surface area (Å²) in [7, 11) is 0. The number of rotatable bonds is 3. The van der Waals surface area contributed by atoms with Crippen molar-refractivity contribution in [2.75, 3.05) is 10.6 Å². The molecule has 2 amide bonds. The first-order chi connectivity index (χ1) is 14.4. The van der Waals surface area contributed by atoms with Crippen LogP contribution in [-0.4, -0.2) is 15.6 Å². The zero-order chi connectivity index (χ0) is 21.3. The van der Waals surface area contributed by atoms with Crippen LogP contribution >= 0.6 is 11.6 Å². The van der Waals surface area contributed by atoms with E-state index in [1.54, 1.807) is 60.0 Å². The van der Waals surface area contributed by atoms with E-state index >= 15 is 0 Å². The van der Waals surface area contributed by atoms with Gasteiger partial charge in [0.2, 0.25) is 0 Å². The maximum atomic E-state index is 12.9. The third kappa shape index (κ3) is 3.77. The highest BCUT2D eigenvalue weighted by Gasteiger charge is 2.11. The van der Waals surface area contributed by atoms with Crippen molar-refractivity contribution in [1.82, 2.24) is 9.55 Å². The van der Waals surface area contributed by atoms with Crippen molar-refractivity contribution in [1.29, 1.82) is 0 Å². The van der Waals surface area contributed by atoms with E-state index in [1.165, 1.54) is 0 Å². The third-order valence-electron chi connectivity index (χ3n) is 4.84. The lowest BCUT2D eigenvalue weighted by atomic mass is 10.2. The lowest BCUT2D eigenvalue weighted by molar-refractivity contribution is 0.262. The third-order valence-corrected chi connectivity index (χ3v) is 5.25. The smallest absolute Gasteiger partial charge is 0.308 e. The molecule has 0 aliphatic heterocycles. The number of urea groups is 1. The highest BCUT2D eigenvalue weighted by Crippen LogP contribution is 2.23. The van der Waals surface area contributed by atoms with Gasteiger partial charge < -0.3 is 10.6 Å². The van der Waals surface area contributed by atoms with Crippen LogP contribution in [0.15, 0.2) is 71.5 Å². The first-order valence-electron chi connectivity index (χ1n) is 9.36. The summed E-state index contributed by atoms with van der Waals surface area (Å²) in [6, 6.07) is 19.2. The van der Waals surface area contributed by atoms with Gasteiger partial charge in [-0.2, -0.15) is 0 Å². The van der Waals surface area contributed by atoms with E-state index in [2.05, 4.69) is 15.6 Å². The molecule has 0 saturated heterocycles. The van der Waals surface area contributed by atoms with E-state index in [0.29, 0.717) is 38.8 Å². The predicted octanol–water partition coefficient (Wildman–Crippen LogP) is 5.30. The van der Waals surface area contributed by atoms with Gasteiger partial charge in [0.25, 0.3) is 5.56 Å². The van der Waals surface area contributed by atoms with Gasteiger partial charge in [-0.15, -0.1) is 0 Å². The van der Waals surface area contributed by atoms with Gasteiger partial charge in [-0.05, 0) is 67.9 Å². The van der Waals surface area contributed by atoms with Gasteiger partial charge in [-0.1, -0.05) is 29.8 Å². The lowest BCUT2D eigenvalue weighted by Crippen LogP contribution is -2.22. The number of hydrogen-bond acceptors (Lipinski definition) is 3. The van der Waals surface area contributed by atoms with Crippen molar-refractivity contribution in [3.05, 3.63) is 93.5 Å². The number of carbonyl (C=O) groups excluding carboxylic acids is 1. The molecule has 0 fully saturated rings. The van der Waals surface area contributed by atoms with Crippen molar-refractivity contribution in [3.63, 3.8) is 0 Å². The molecule has 2 N–H and O–H groups in total. The maximum Gasteiger partial charge on any atom is 0.323 e. The van der Waals surface area contributed by atoms with Crippen molar-refractivity contribution in [2.24, 2.45) is 0 Å². The standard InChI is InChI=1S/C23H19ClN4O2/c1-14-19(24)7-5-9-20(14)27-23(30)26-16-10-12-17(13-11-16)28-15(2)25-21-8-4-3-6-18(21)22(28)29/h3-13H,1-2H3,(H2,26,27,30). The Morgan fingerprint density at radius 2 is 1.67 bits per heavy atom. The monoisotopic (exact) mass is 418 g/mol. The van der Waals surface area contributed by atoms with Crippen LogP contribution in [-0.2, 0) is 0 Å². The SMILES string of the molecule is Cc1c(Cl)cccc1NC(=O)Nc1ccc(-n2c(C)nc3ccccc3c2=O)cc1. The highest BCUT2D eigenvalue weighted by molar-refractivity contribution is 6.31. The second-order valence-corrected chi connectivity index (χ2v) is 7.26. The molecule has 4 rings (SSSR count). The van der Waals surface area contributed by atoms with Crippen LogP contribution in [0, 0.1) is 13.8 Å². The molecule has 1 aromatic heterocycles. The zero-order valence-electron chi connectivity index (χ0n) is 16.4. The molecule has 0 unspecified atom stereocenters. The molecule has 0 radical (unpaired) electrons. The van der Waals surface area contributed by atoms with E-state index in [9.17, 15) is 9.59 Å². The van der Waals surface area contributed by atoms with Crippen LogP contribution in [0.4, 0.5) is 16.2 Å². The number of halogens is 1. The zero-order valence-corrected chi connectivity index (χ0v) is 17.2. The van der Waals surface area contributed by atoms with Gasteiger partial charge in [0.1, 0.15) is 5.82 Å². The average molecular weight is 419 g/mol. The Balaban J connectivity index is 1.56. The lowest BCUT2D eigenvalue weighted by Gasteiger charge is -2.13. The van der Waals surface area contributed by atoms with Crippen LogP contribution in [0.1, 0.15) is 11.4 Å². The quantitative estimate of drug-likeness (QED) is 0.474. The fourth-order valence-electron chi connectivity index (χ4n) is 3.27. The number of amides is 2. The summed E-state index contributed by atoms with van der Waals surface area (Å²) in [6.07, 6.45) is 0. The number of benzene rings is 3. The topological polar surface area (TPSA) is 76.0 Å². The number of nitrogens with one attached hydrogen (secondary N) is 2. The Kier molecular flexibility index (Phi) is 5.25. The molecule has 6 nitrogen and oxygen atoms in total. The second kappa shape index (κ2) is 8.00. The minimum Gasteiger partial charge on any atom is -0.308 e. The molecule has 0 aliphatic carbocycles. The number of carbonyl (C=O) groups is 1. The summed E-state index contributed by atoms with van der Waals surface area (Å²) < 4.78 is 1.56. The first-order valence-corrected chi connectivity index (χ1v) is 9.74. The number of fused-ring (bicyclic) bond motifs is 1. The Morgan fingerprint density at radius 3 is 2.43 bits per heavy atom. The first kappa shape index (κ1) is 19.7. The van der Waals surface area contributed by atoms with Gasteiger partial charge in [-0.3, -0.25) is 9.36 Å². The number of anilines is 2. The van der Waals surface area contributed by atoms with Gasteiger partial charge in [0, 0.05) is 16.4 Å². The molecule has 0 saturated carbocycles. The largest absolute Gasteiger partial charge is 0.323 e. The molecule has 0 atom stereocenters.